The second-order valence-corrected chi connectivity index (χ2v) is 7.46. The van der Waals surface area contributed by atoms with Gasteiger partial charge >= 0.3 is 6.03 Å². The summed E-state index contributed by atoms with van der Waals surface area (Å²) in [5.74, 6) is 0.159. The van der Waals surface area contributed by atoms with Gasteiger partial charge in [-0.05, 0) is 31.4 Å². The zero-order valence-corrected chi connectivity index (χ0v) is 15.9. The molecule has 1 atom stereocenters. The average molecular weight is 358 g/mol. The Morgan fingerprint density at radius 2 is 1.65 bits per heavy atom. The van der Waals surface area contributed by atoms with Gasteiger partial charge < -0.3 is 19.6 Å². The fraction of sp³-hybridized carbons (Fsp3) is 0.600. The van der Waals surface area contributed by atoms with Crippen molar-refractivity contribution in [3.63, 3.8) is 0 Å². The van der Waals surface area contributed by atoms with Crippen molar-refractivity contribution >= 4 is 17.6 Å². The van der Waals surface area contributed by atoms with Crippen molar-refractivity contribution in [1.29, 1.82) is 0 Å². The first-order valence-corrected chi connectivity index (χ1v) is 9.61. The molecule has 0 aliphatic carbocycles. The van der Waals surface area contributed by atoms with E-state index in [-0.39, 0.29) is 17.9 Å². The smallest absolute Gasteiger partial charge is 0.319 e. The zero-order chi connectivity index (χ0) is 18.5. The molecule has 3 rings (SSSR count). The van der Waals surface area contributed by atoms with Crippen LogP contribution in [0.25, 0.3) is 0 Å². The van der Waals surface area contributed by atoms with Crippen LogP contribution in [0.5, 0.6) is 0 Å². The number of benzene rings is 1. The van der Waals surface area contributed by atoms with Crippen LogP contribution >= 0.6 is 0 Å². The summed E-state index contributed by atoms with van der Waals surface area (Å²) in [5, 5.41) is 0. The van der Waals surface area contributed by atoms with Crippen molar-refractivity contribution in [2.75, 3.05) is 58.3 Å². The third-order valence-electron chi connectivity index (χ3n) is 5.35. The molecule has 0 N–H and O–H groups in total. The SMILES string of the molecule is CN(C)C(=O)N1CCC[C@H](C(=O)N2CCCN(c3ccccc3)CC2)C1. The van der Waals surface area contributed by atoms with E-state index in [0.717, 1.165) is 52.0 Å². The molecule has 2 aliphatic heterocycles. The minimum Gasteiger partial charge on any atom is -0.370 e. The van der Waals surface area contributed by atoms with Crippen molar-refractivity contribution in [3.05, 3.63) is 30.3 Å². The number of urea groups is 1. The number of anilines is 1. The van der Waals surface area contributed by atoms with Crippen LogP contribution in [-0.4, -0.2) is 80.0 Å². The highest BCUT2D eigenvalue weighted by Crippen LogP contribution is 2.22. The van der Waals surface area contributed by atoms with Gasteiger partial charge in [-0.2, -0.15) is 0 Å². The molecule has 1 aromatic rings. The number of rotatable bonds is 2. The molecule has 2 fully saturated rings. The molecular formula is C20H30N4O2. The number of nitrogens with zero attached hydrogens (tertiary/aromatic N) is 4. The van der Waals surface area contributed by atoms with Crippen molar-refractivity contribution in [2.24, 2.45) is 5.92 Å². The summed E-state index contributed by atoms with van der Waals surface area (Å²) in [6.45, 7) is 4.70. The van der Waals surface area contributed by atoms with Crippen LogP contribution in [0.15, 0.2) is 30.3 Å². The van der Waals surface area contributed by atoms with Gasteiger partial charge in [-0.15, -0.1) is 0 Å². The molecule has 0 aromatic heterocycles. The monoisotopic (exact) mass is 358 g/mol. The predicted molar refractivity (Wildman–Crippen MR) is 103 cm³/mol. The molecule has 0 spiro atoms. The predicted octanol–water partition coefficient (Wildman–Crippen LogP) is 2.12. The summed E-state index contributed by atoms with van der Waals surface area (Å²) < 4.78 is 0. The van der Waals surface area contributed by atoms with E-state index in [1.165, 1.54) is 5.69 Å². The molecule has 2 heterocycles. The summed E-state index contributed by atoms with van der Waals surface area (Å²) in [6, 6.07) is 10.4. The quantitative estimate of drug-likeness (QED) is 0.814. The van der Waals surface area contributed by atoms with E-state index in [1.807, 2.05) is 15.9 Å². The highest BCUT2D eigenvalue weighted by atomic mass is 16.2. The zero-order valence-electron chi connectivity index (χ0n) is 15.9. The Morgan fingerprint density at radius 1 is 0.923 bits per heavy atom. The van der Waals surface area contributed by atoms with Crippen LogP contribution in [0.4, 0.5) is 10.5 Å². The Labute approximate surface area is 156 Å². The van der Waals surface area contributed by atoms with Gasteiger partial charge in [0.05, 0.1) is 5.92 Å². The van der Waals surface area contributed by atoms with Crippen LogP contribution in [0.3, 0.4) is 0 Å². The van der Waals surface area contributed by atoms with Crippen LogP contribution in [0.2, 0.25) is 0 Å². The largest absolute Gasteiger partial charge is 0.370 e. The molecule has 0 radical (unpaired) electrons. The molecule has 0 bridgehead atoms. The Balaban J connectivity index is 1.58. The minimum absolute atomic E-state index is 0.00798. The standard InChI is InChI=1S/C20H30N4O2/c1-21(2)20(26)24-11-6-8-17(16-24)19(25)23-13-7-12-22(14-15-23)18-9-4-3-5-10-18/h3-5,9-10,17H,6-8,11-16H2,1-2H3/t17-/m0/s1. The summed E-state index contributed by atoms with van der Waals surface area (Å²) in [6.07, 6.45) is 2.77. The fourth-order valence-electron chi connectivity index (χ4n) is 3.93. The first-order chi connectivity index (χ1) is 12.6. The maximum absolute atomic E-state index is 13.0. The maximum Gasteiger partial charge on any atom is 0.319 e. The van der Waals surface area contributed by atoms with E-state index >= 15 is 0 Å². The number of amides is 3. The Kier molecular flexibility index (Phi) is 6.01. The van der Waals surface area contributed by atoms with Gasteiger partial charge in [-0.1, -0.05) is 18.2 Å². The van der Waals surface area contributed by atoms with Crippen molar-refractivity contribution < 1.29 is 9.59 Å². The van der Waals surface area contributed by atoms with E-state index in [1.54, 1.807) is 19.0 Å². The number of carbonyl (C=O) groups excluding carboxylic acids is 2. The van der Waals surface area contributed by atoms with Crippen LogP contribution in [0, 0.1) is 5.92 Å². The lowest BCUT2D eigenvalue weighted by Gasteiger charge is -2.36. The lowest BCUT2D eigenvalue weighted by Crippen LogP contribution is -2.49. The van der Waals surface area contributed by atoms with Gasteiger partial charge in [-0.25, -0.2) is 4.79 Å². The van der Waals surface area contributed by atoms with Gasteiger partial charge in [0, 0.05) is 59.1 Å². The normalized spacial score (nSPS) is 21.3. The summed E-state index contributed by atoms with van der Waals surface area (Å²) in [4.78, 5) is 33.0. The lowest BCUT2D eigenvalue weighted by molar-refractivity contribution is -0.136. The second kappa shape index (κ2) is 8.43. The van der Waals surface area contributed by atoms with Gasteiger partial charge in [0.25, 0.3) is 0 Å². The van der Waals surface area contributed by atoms with Gasteiger partial charge in [-0.3, -0.25) is 4.79 Å². The Morgan fingerprint density at radius 3 is 2.38 bits per heavy atom. The topological polar surface area (TPSA) is 47.1 Å². The number of piperidine rings is 1. The number of carbonyl (C=O) groups is 2. The Bertz CT molecular complexity index is 619. The van der Waals surface area contributed by atoms with E-state index in [9.17, 15) is 9.59 Å². The van der Waals surface area contributed by atoms with Crippen LogP contribution in [0.1, 0.15) is 19.3 Å². The van der Waals surface area contributed by atoms with Gasteiger partial charge in [0.2, 0.25) is 5.91 Å². The van der Waals surface area contributed by atoms with Crippen molar-refractivity contribution in [2.45, 2.75) is 19.3 Å². The van der Waals surface area contributed by atoms with Gasteiger partial charge in [0.1, 0.15) is 0 Å². The number of hydrogen-bond acceptors (Lipinski definition) is 3. The summed E-state index contributed by atoms with van der Waals surface area (Å²) in [7, 11) is 3.53. The molecule has 1 aromatic carbocycles. The van der Waals surface area contributed by atoms with E-state index in [2.05, 4.69) is 29.2 Å². The summed E-state index contributed by atoms with van der Waals surface area (Å²) in [5.41, 5.74) is 1.22. The molecule has 142 valence electrons. The first kappa shape index (κ1) is 18.5. The molecule has 26 heavy (non-hydrogen) atoms. The third-order valence-corrected chi connectivity index (χ3v) is 5.35. The molecule has 2 aliphatic rings. The molecule has 2 saturated heterocycles. The Hall–Kier alpha value is -2.24. The van der Waals surface area contributed by atoms with Crippen molar-refractivity contribution in [3.8, 4) is 0 Å². The highest BCUT2D eigenvalue weighted by molar-refractivity contribution is 5.81. The molecule has 6 heteroatoms. The molecular weight excluding hydrogens is 328 g/mol. The molecule has 3 amide bonds. The molecule has 6 nitrogen and oxygen atoms in total. The summed E-state index contributed by atoms with van der Waals surface area (Å²) >= 11 is 0. The number of para-hydroxylation sites is 1. The van der Waals surface area contributed by atoms with E-state index in [0.29, 0.717) is 6.54 Å². The average Bonchev–Trinajstić information content (AvgIpc) is 2.94. The fourth-order valence-corrected chi connectivity index (χ4v) is 3.93. The molecule has 0 unspecified atom stereocenters. The lowest BCUT2D eigenvalue weighted by atomic mass is 9.96. The number of hydrogen-bond donors (Lipinski definition) is 0. The van der Waals surface area contributed by atoms with E-state index in [4.69, 9.17) is 0 Å². The third kappa shape index (κ3) is 4.29. The van der Waals surface area contributed by atoms with E-state index < -0.39 is 0 Å². The first-order valence-electron chi connectivity index (χ1n) is 9.61. The number of likely N-dealkylation sites (tertiary alicyclic amines) is 1. The minimum atomic E-state index is -0.0593. The highest BCUT2D eigenvalue weighted by Gasteiger charge is 2.32. The maximum atomic E-state index is 13.0. The van der Waals surface area contributed by atoms with Gasteiger partial charge in [0.15, 0.2) is 0 Å². The molecule has 0 saturated carbocycles. The van der Waals surface area contributed by atoms with Crippen molar-refractivity contribution in [1.82, 2.24) is 14.7 Å². The second-order valence-electron chi connectivity index (χ2n) is 7.46. The van der Waals surface area contributed by atoms with Crippen LogP contribution in [-0.2, 0) is 4.79 Å². The van der Waals surface area contributed by atoms with Crippen LogP contribution < -0.4 is 4.90 Å².